The van der Waals surface area contributed by atoms with Gasteiger partial charge in [-0.3, -0.25) is 4.79 Å². The fourth-order valence-corrected chi connectivity index (χ4v) is 5.24. The molecule has 2 N–H and O–H groups in total. The third-order valence-corrected chi connectivity index (χ3v) is 7.69. The van der Waals surface area contributed by atoms with Crippen LogP contribution in [-0.4, -0.2) is 40.7 Å². The number of carbonyl (C=O) groups is 3. The molecule has 0 aromatic heterocycles. The summed E-state index contributed by atoms with van der Waals surface area (Å²) in [6.45, 7) is 7.61. The van der Waals surface area contributed by atoms with Crippen molar-refractivity contribution in [3.63, 3.8) is 0 Å². The standard InChI is InChI=1S/C35H41NO7/c1-5-12-28-30(29(37)31(38)42-23-26-15-10-7-11-16-26)43-33(40)35(28,36-32(39)34(2,3)4)21-24-17-19-27(20-18-24)41-22-25-13-8-6-9-14-25/h6-11,13-20,28-30,37H,5,12,21-23H2,1-4H3,(H,36,39)/t28-,29-,30+,35+/m0/s1. The van der Waals surface area contributed by atoms with Crippen molar-refractivity contribution < 1.29 is 33.7 Å². The number of benzene rings is 3. The molecule has 0 bridgehead atoms. The summed E-state index contributed by atoms with van der Waals surface area (Å²) >= 11 is 0. The topological polar surface area (TPSA) is 111 Å². The predicted octanol–water partition coefficient (Wildman–Crippen LogP) is 5.16. The number of carbonyl (C=O) groups excluding carboxylic acids is 3. The van der Waals surface area contributed by atoms with Crippen LogP contribution in [0.5, 0.6) is 5.75 Å². The van der Waals surface area contributed by atoms with Crippen LogP contribution in [0.2, 0.25) is 0 Å². The molecule has 0 unspecified atom stereocenters. The molecule has 1 saturated heterocycles. The van der Waals surface area contributed by atoms with E-state index in [0.717, 1.165) is 16.7 Å². The van der Waals surface area contributed by atoms with E-state index in [1.165, 1.54) is 0 Å². The molecule has 1 amide bonds. The summed E-state index contributed by atoms with van der Waals surface area (Å²) in [6.07, 6.45) is -1.75. The molecular weight excluding hydrogens is 546 g/mol. The van der Waals surface area contributed by atoms with E-state index < -0.39 is 41.0 Å². The highest BCUT2D eigenvalue weighted by molar-refractivity contribution is 5.93. The summed E-state index contributed by atoms with van der Waals surface area (Å²) in [5.74, 6) is -1.94. The molecule has 43 heavy (non-hydrogen) atoms. The molecule has 4 atom stereocenters. The minimum Gasteiger partial charge on any atom is -0.489 e. The number of esters is 2. The number of amides is 1. The molecule has 0 radical (unpaired) electrons. The summed E-state index contributed by atoms with van der Waals surface area (Å²) in [4.78, 5) is 40.1. The van der Waals surface area contributed by atoms with Gasteiger partial charge in [0.15, 0.2) is 6.10 Å². The average Bonchev–Trinajstić information content (AvgIpc) is 3.26. The predicted molar refractivity (Wildman–Crippen MR) is 162 cm³/mol. The Kier molecular flexibility index (Phi) is 10.2. The Morgan fingerprint density at radius 1 is 0.907 bits per heavy atom. The molecule has 228 valence electrons. The normalized spacial score (nSPS) is 20.6. The Hall–Kier alpha value is -4.17. The van der Waals surface area contributed by atoms with Gasteiger partial charge in [0.1, 0.15) is 30.6 Å². The van der Waals surface area contributed by atoms with Crippen molar-refractivity contribution >= 4 is 17.8 Å². The number of aliphatic hydroxyl groups excluding tert-OH is 1. The van der Waals surface area contributed by atoms with Crippen LogP contribution in [0.1, 0.15) is 57.2 Å². The molecule has 3 aromatic carbocycles. The van der Waals surface area contributed by atoms with Gasteiger partial charge in [0.05, 0.1) is 0 Å². The monoisotopic (exact) mass is 587 g/mol. The van der Waals surface area contributed by atoms with Crippen molar-refractivity contribution in [2.24, 2.45) is 11.3 Å². The molecule has 0 saturated carbocycles. The Bertz CT molecular complexity index is 1370. The summed E-state index contributed by atoms with van der Waals surface area (Å²) in [6, 6.07) is 26.3. The molecule has 3 aromatic rings. The van der Waals surface area contributed by atoms with Gasteiger partial charge in [0.2, 0.25) is 5.91 Å². The van der Waals surface area contributed by atoms with Gasteiger partial charge in [-0.05, 0) is 35.2 Å². The van der Waals surface area contributed by atoms with E-state index in [-0.39, 0.29) is 18.9 Å². The van der Waals surface area contributed by atoms with E-state index in [2.05, 4.69) is 5.32 Å². The molecule has 0 spiro atoms. The summed E-state index contributed by atoms with van der Waals surface area (Å²) in [5, 5.41) is 14.1. The van der Waals surface area contributed by atoms with Gasteiger partial charge < -0.3 is 24.6 Å². The molecule has 4 rings (SSSR count). The van der Waals surface area contributed by atoms with E-state index in [9.17, 15) is 19.5 Å². The third-order valence-electron chi connectivity index (χ3n) is 7.69. The molecule has 1 aliphatic heterocycles. The van der Waals surface area contributed by atoms with Crippen LogP contribution in [0.3, 0.4) is 0 Å². The van der Waals surface area contributed by atoms with Gasteiger partial charge in [-0.25, -0.2) is 9.59 Å². The van der Waals surface area contributed by atoms with E-state index in [1.54, 1.807) is 32.9 Å². The Balaban J connectivity index is 1.57. The zero-order chi connectivity index (χ0) is 31.0. The molecular formula is C35H41NO7. The minimum atomic E-state index is -1.72. The van der Waals surface area contributed by atoms with Crippen molar-refractivity contribution in [2.75, 3.05) is 0 Å². The van der Waals surface area contributed by atoms with Crippen molar-refractivity contribution in [1.29, 1.82) is 0 Å². The molecule has 1 fully saturated rings. The van der Waals surface area contributed by atoms with Crippen LogP contribution < -0.4 is 10.1 Å². The van der Waals surface area contributed by atoms with E-state index in [0.29, 0.717) is 25.2 Å². The van der Waals surface area contributed by atoms with Crippen LogP contribution in [0.4, 0.5) is 0 Å². The second kappa shape index (κ2) is 13.9. The molecule has 0 aliphatic carbocycles. The number of ether oxygens (including phenoxy) is 3. The summed E-state index contributed by atoms with van der Waals surface area (Å²) in [5.41, 5.74) is 0.266. The number of hydrogen-bond acceptors (Lipinski definition) is 7. The Labute approximate surface area is 253 Å². The van der Waals surface area contributed by atoms with Gasteiger partial charge in [-0.2, -0.15) is 0 Å². The lowest BCUT2D eigenvalue weighted by atomic mass is 9.74. The molecule has 1 heterocycles. The van der Waals surface area contributed by atoms with E-state index >= 15 is 0 Å². The van der Waals surface area contributed by atoms with Crippen LogP contribution in [0.25, 0.3) is 0 Å². The fourth-order valence-electron chi connectivity index (χ4n) is 5.24. The fraction of sp³-hybridized carbons (Fsp3) is 0.400. The highest BCUT2D eigenvalue weighted by atomic mass is 16.6. The number of nitrogens with one attached hydrogen (secondary N) is 1. The number of cyclic esters (lactones) is 1. The number of hydrogen-bond donors (Lipinski definition) is 2. The van der Waals surface area contributed by atoms with Crippen molar-refractivity contribution in [2.45, 2.75) is 77.9 Å². The molecule has 8 heteroatoms. The van der Waals surface area contributed by atoms with Crippen molar-refractivity contribution in [3.05, 3.63) is 102 Å². The summed E-state index contributed by atoms with van der Waals surface area (Å²) in [7, 11) is 0. The minimum absolute atomic E-state index is 0.0273. The first kappa shape index (κ1) is 31.8. The van der Waals surface area contributed by atoms with Crippen molar-refractivity contribution in [3.8, 4) is 5.75 Å². The zero-order valence-corrected chi connectivity index (χ0v) is 25.2. The first-order chi connectivity index (χ1) is 20.5. The maximum absolute atomic E-state index is 13.8. The zero-order valence-electron chi connectivity index (χ0n) is 25.2. The largest absolute Gasteiger partial charge is 0.489 e. The molecule has 8 nitrogen and oxygen atoms in total. The van der Waals surface area contributed by atoms with Gasteiger partial charge in [-0.1, -0.05) is 107 Å². The van der Waals surface area contributed by atoms with E-state index in [1.807, 2.05) is 79.7 Å². The number of aliphatic hydroxyl groups is 1. The maximum Gasteiger partial charge on any atom is 0.339 e. The Morgan fingerprint density at radius 2 is 1.49 bits per heavy atom. The average molecular weight is 588 g/mol. The first-order valence-electron chi connectivity index (χ1n) is 14.7. The van der Waals surface area contributed by atoms with Gasteiger partial charge in [0.25, 0.3) is 0 Å². The van der Waals surface area contributed by atoms with Crippen LogP contribution in [0, 0.1) is 11.3 Å². The second-order valence-corrected chi connectivity index (χ2v) is 12.1. The van der Waals surface area contributed by atoms with Crippen molar-refractivity contribution in [1.82, 2.24) is 5.32 Å². The first-order valence-corrected chi connectivity index (χ1v) is 14.7. The lowest BCUT2D eigenvalue weighted by Gasteiger charge is -2.36. The Morgan fingerprint density at radius 3 is 2.05 bits per heavy atom. The van der Waals surface area contributed by atoms with Gasteiger partial charge in [-0.15, -0.1) is 0 Å². The second-order valence-electron chi connectivity index (χ2n) is 12.1. The van der Waals surface area contributed by atoms with Gasteiger partial charge in [0, 0.05) is 17.8 Å². The number of rotatable bonds is 12. The third kappa shape index (κ3) is 7.82. The van der Waals surface area contributed by atoms with E-state index in [4.69, 9.17) is 14.2 Å². The van der Waals surface area contributed by atoms with Crippen LogP contribution in [-0.2, 0) is 43.5 Å². The SMILES string of the molecule is CCC[C@H]1[C@H]([C@H](O)C(=O)OCc2ccccc2)OC(=O)[C@]1(Cc1ccc(OCc2ccccc2)cc1)NC(=O)C(C)(C)C. The van der Waals surface area contributed by atoms with Gasteiger partial charge >= 0.3 is 11.9 Å². The summed E-state index contributed by atoms with van der Waals surface area (Å²) < 4.78 is 17.0. The lowest BCUT2D eigenvalue weighted by molar-refractivity contribution is -0.166. The maximum atomic E-state index is 13.8. The molecule has 1 aliphatic rings. The lowest BCUT2D eigenvalue weighted by Crippen LogP contribution is -2.61. The highest BCUT2D eigenvalue weighted by Crippen LogP contribution is 2.41. The quantitative estimate of drug-likeness (QED) is 0.282. The van der Waals surface area contributed by atoms with Crippen LogP contribution >= 0.6 is 0 Å². The smallest absolute Gasteiger partial charge is 0.339 e. The highest BCUT2D eigenvalue weighted by Gasteiger charge is 2.61. The van der Waals surface area contributed by atoms with Crippen LogP contribution in [0.15, 0.2) is 84.9 Å².